The van der Waals surface area contributed by atoms with Gasteiger partial charge < -0.3 is 4.90 Å². The summed E-state index contributed by atoms with van der Waals surface area (Å²) >= 11 is 14.1. The molecule has 1 saturated carbocycles. The molecule has 1 N–H and O–H groups in total. The summed E-state index contributed by atoms with van der Waals surface area (Å²) in [4.78, 5) is 13.3. The fourth-order valence-corrected chi connectivity index (χ4v) is 6.22. The van der Waals surface area contributed by atoms with Crippen molar-refractivity contribution < 1.29 is 0 Å². The Morgan fingerprint density at radius 3 is 2.52 bits per heavy atom. The summed E-state index contributed by atoms with van der Waals surface area (Å²) < 4.78 is 0. The molecular formula is C23H25Cl2N5S. The van der Waals surface area contributed by atoms with Crippen molar-refractivity contribution in [3.8, 4) is 11.4 Å². The second-order valence-electron chi connectivity index (χ2n) is 8.60. The molecule has 2 fully saturated rings. The highest BCUT2D eigenvalue weighted by Crippen LogP contribution is 2.47. The number of nitrogens with zero attached hydrogens (tertiary/aromatic N) is 4. The van der Waals surface area contributed by atoms with Crippen LogP contribution in [0.25, 0.3) is 11.4 Å². The Balaban J connectivity index is 1.49. The molecule has 162 valence electrons. The van der Waals surface area contributed by atoms with E-state index in [1.165, 1.54) is 50.3 Å². The minimum Gasteiger partial charge on any atom is -0.355 e. The SMILES string of the molecule is Cc1nc(N2CCC3(CCCC3)CC2)c(-c2ccn[nH]2)nc1Sc1cccc(Cl)c1Cl. The molecule has 31 heavy (non-hydrogen) atoms. The number of aryl methyl sites for hydroxylation is 1. The number of hydrogen-bond acceptors (Lipinski definition) is 5. The van der Waals surface area contributed by atoms with Crippen LogP contribution in [0, 0.1) is 12.3 Å². The lowest BCUT2D eigenvalue weighted by Gasteiger charge is -2.40. The standard InChI is InChI=1S/C23H25Cl2N5S/c1-15-22(31-18-6-4-5-16(24)19(18)25)28-20(17-7-12-26-29-17)21(27-15)30-13-10-23(11-14-30)8-2-3-9-23/h4-7,12H,2-3,8-11,13-14H2,1H3,(H,26,29). The summed E-state index contributed by atoms with van der Waals surface area (Å²) in [6, 6.07) is 7.59. The predicted octanol–water partition coefficient (Wildman–Crippen LogP) is 6.79. The Morgan fingerprint density at radius 1 is 1.03 bits per heavy atom. The number of benzene rings is 1. The Hall–Kier alpha value is -1.76. The van der Waals surface area contributed by atoms with Gasteiger partial charge in [0.1, 0.15) is 10.7 Å². The normalized spacial score (nSPS) is 18.1. The predicted molar refractivity (Wildman–Crippen MR) is 127 cm³/mol. The van der Waals surface area contributed by atoms with Gasteiger partial charge in [0.15, 0.2) is 5.82 Å². The van der Waals surface area contributed by atoms with Crippen LogP contribution in [0.1, 0.15) is 44.2 Å². The molecule has 0 bridgehead atoms. The van der Waals surface area contributed by atoms with Crippen LogP contribution >= 0.6 is 35.0 Å². The van der Waals surface area contributed by atoms with Gasteiger partial charge in [0.05, 0.1) is 21.4 Å². The van der Waals surface area contributed by atoms with Crippen LogP contribution in [0.4, 0.5) is 5.82 Å². The fourth-order valence-electron chi connectivity index (χ4n) is 4.86. The molecule has 3 heterocycles. The summed E-state index contributed by atoms with van der Waals surface area (Å²) in [5.41, 5.74) is 3.17. The quantitative estimate of drug-likeness (QED) is 0.451. The third-order valence-corrected chi connectivity index (χ3v) is 8.75. The third kappa shape index (κ3) is 4.18. The van der Waals surface area contributed by atoms with Crippen LogP contribution in [0.3, 0.4) is 0 Å². The van der Waals surface area contributed by atoms with Crippen molar-refractivity contribution in [1.82, 2.24) is 20.2 Å². The molecule has 0 atom stereocenters. The van der Waals surface area contributed by atoms with E-state index in [9.17, 15) is 0 Å². The van der Waals surface area contributed by atoms with Crippen LogP contribution in [-0.4, -0.2) is 33.3 Å². The number of aromatic nitrogens is 4. The highest BCUT2D eigenvalue weighted by atomic mass is 35.5. The highest BCUT2D eigenvalue weighted by molar-refractivity contribution is 7.99. The summed E-state index contributed by atoms with van der Waals surface area (Å²) in [5, 5.41) is 9.13. The first-order chi connectivity index (χ1) is 15.0. The average molecular weight is 474 g/mol. The zero-order chi connectivity index (χ0) is 21.4. The van der Waals surface area contributed by atoms with E-state index in [-0.39, 0.29) is 0 Å². The minimum atomic E-state index is 0.539. The number of piperidine rings is 1. The summed E-state index contributed by atoms with van der Waals surface area (Å²) in [7, 11) is 0. The zero-order valence-corrected chi connectivity index (χ0v) is 19.8. The van der Waals surface area contributed by atoms with E-state index in [0.717, 1.165) is 45.9 Å². The van der Waals surface area contributed by atoms with E-state index in [2.05, 4.69) is 15.1 Å². The lowest BCUT2D eigenvalue weighted by Crippen LogP contribution is -2.39. The highest BCUT2D eigenvalue weighted by Gasteiger charge is 2.38. The molecule has 3 aromatic rings. The molecule has 8 heteroatoms. The Morgan fingerprint density at radius 2 is 1.81 bits per heavy atom. The van der Waals surface area contributed by atoms with Gasteiger partial charge in [0, 0.05) is 24.2 Å². The van der Waals surface area contributed by atoms with Crippen molar-refractivity contribution in [3.63, 3.8) is 0 Å². The maximum atomic E-state index is 6.42. The first kappa shape index (κ1) is 21.1. The maximum Gasteiger partial charge on any atom is 0.157 e. The van der Waals surface area contributed by atoms with E-state index in [4.69, 9.17) is 33.2 Å². The number of halogens is 2. The Kier molecular flexibility index (Phi) is 5.88. The van der Waals surface area contributed by atoms with Gasteiger partial charge in [-0.15, -0.1) is 0 Å². The molecule has 2 aliphatic rings. The van der Waals surface area contributed by atoms with Crippen LogP contribution in [-0.2, 0) is 0 Å². The molecule has 2 aromatic heterocycles. The molecule has 5 rings (SSSR count). The van der Waals surface area contributed by atoms with Crippen LogP contribution in [0.15, 0.2) is 40.4 Å². The molecular weight excluding hydrogens is 449 g/mol. The van der Waals surface area contributed by atoms with E-state index < -0.39 is 0 Å². The summed E-state index contributed by atoms with van der Waals surface area (Å²) in [6.45, 7) is 4.07. The number of anilines is 1. The van der Waals surface area contributed by atoms with Crippen molar-refractivity contribution in [2.75, 3.05) is 18.0 Å². The second-order valence-corrected chi connectivity index (χ2v) is 10.4. The van der Waals surface area contributed by atoms with Crippen LogP contribution in [0.2, 0.25) is 10.0 Å². The lowest BCUT2D eigenvalue weighted by atomic mass is 9.77. The number of hydrogen-bond donors (Lipinski definition) is 1. The monoisotopic (exact) mass is 473 g/mol. The summed E-state index contributed by atoms with van der Waals surface area (Å²) in [6.07, 6.45) is 9.77. The third-order valence-electron chi connectivity index (χ3n) is 6.67. The summed E-state index contributed by atoms with van der Waals surface area (Å²) in [5.74, 6) is 0.941. The lowest BCUT2D eigenvalue weighted by molar-refractivity contribution is 0.226. The first-order valence-corrected chi connectivity index (χ1v) is 12.4. The molecule has 1 spiro atoms. The van der Waals surface area contributed by atoms with Crippen LogP contribution in [0.5, 0.6) is 0 Å². The van der Waals surface area contributed by atoms with Gasteiger partial charge in [0.2, 0.25) is 0 Å². The van der Waals surface area contributed by atoms with Crippen molar-refractivity contribution in [2.24, 2.45) is 5.41 Å². The largest absolute Gasteiger partial charge is 0.355 e. The van der Waals surface area contributed by atoms with Gasteiger partial charge in [-0.05, 0) is 56.2 Å². The van der Waals surface area contributed by atoms with Gasteiger partial charge in [0.25, 0.3) is 0 Å². The smallest absolute Gasteiger partial charge is 0.157 e. The Bertz CT molecular complexity index is 1070. The number of H-pyrrole nitrogens is 1. The molecule has 0 amide bonds. The van der Waals surface area contributed by atoms with Crippen molar-refractivity contribution in [2.45, 2.75) is 55.4 Å². The van der Waals surface area contributed by atoms with Gasteiger partial charge >= 0.3 is 0 Å². The number of rotatable bonds is 4. The number of nitrogens with one attached hydrogen (secondary N) is 1. The van der Waals surface area contributed by atoms with Gasteiger partial charge in [-0.3, -0.25) is 5.10 Å². The number of aromatic amines is 1. The van der Waals surface area contributed by atoms with Gasteiger partial charge in [-0.2, -0.15) is 5.10 Å². The fraction of sp³-hybridized carbons (Fsp3) is 0.435. The van der Waals surface area contributed by atoms with Crippen molar-refractivity contribution in [1.29, 1.82) is 0 Å². The van der Waals surface area contributed by atoms with E-state index in [1.807, 2.05) is 25.1 Å². The first-order valence-electron chi connectivity index (χ1n) is 10.8. The van der Waals surface area contributed by atoms with Crippen LogP contribution < -0.4 is 4.90 Å². The molecule has 1 aromatic carbocycles. The van der Waals surface area contributed by atoms with Gasteiger partial charge in [-0.1, -0.05) is 53.9 Å². The topological polar surface area (TPSA) is 57.7 Å². The van der Waals surface area contributed by atoms with Crippen molar-refractivity contribution in [3.05, 3.63) is 46.2 Å². The van der Waals surface area contributed by atoms with E-state index >= 15 is 0 Å². The molecule has 0 unspecified atom stereocenters. The van der Waals surface area contributed by atoms with E-state index in [1.54, 1.807) is 12.3 Å². The zero-order valence-electron chi connectivity index (χ0n) is 17.5. The molecule has 5 nitrogen and oxygen atoms in total. The minimum absolute atomic E-state index is 0.539. The second kappa shape index (κ2) is 8.64. The van der Waals surface area contributed by atoms with Gasteiger partial charge in [-0.25, -0.2) is 9.97 Å². The maximum absolute atomic E-state index is 6.42. The molecule has 1 aliphatic carbocycles. The average Bonchev–Trinajstić information content (AvgIpc) is 3.46. The molecule has 1 aliphatic heterocycles. The van der Waals surface area contributed by atoms with Crippen molar-refractivity contribution >= 4 is 40.8 Å². The molecule has 0 radical (unpaired) electrons. The molecule has 1 saturated heterocycles. The Labute approximate surface area is 197 Å². The van der Waals surface area contributed by atoms with E-state index in [0.29, 0.717) is 15.5 Å².